The summed E-state index contributed by atoms with van der Waals surface area (Å²) in [6.07, 6.45) is 9.75. The smallest absolute Gasteiger partial charge is 0.0672 e. The van der Waals surface area contributed by atoms with Gasteiger partial charge in [-0.1, -0.05) is 19.3 Å². The van der Waals surface area contributed by atoms with E-state index in [1.54, 1.807) is 0 Å². The first kappa shape index (κ1) is 11.1. The number of hydrogen-bond donors (Lipinski definition) is 1. The van der Waals surface area contributed by atoms with Crippen LogP contribution in [0.15, 0.2) is 0 Å². The molecule has 1 aliphatic rings. The van der Waals surface area contributed by atoms with Crippen LogP contribution in [0, 0.1) is 35.5 Å². The lowest BCUT2D eigenvalue weighted by Crippen LogP contribution is -2.40. The Bertz CT molecular complexity index is 246. The summed E-state index contributed by atoms with van der Waals surface area (Å²) in [6, 6.07) is 2.69. The number of nitrogens with one attached hydrogen (secondary N) is 1. The molecule has 0 spiro atoms. The minimum atomic E-state index is 0.158. The van der Waals surface area contributed by atoms with Crippen molar-refractivity contribution >= 4 is 0 Å². The maximum Gasteiger partial charge on any atom is 0.0672 e. The van der Waals surface area contributed by atoms with Crippen molar-refractivity contribution in [3.05, 3.63) is 0 Å². The highest BCUT2D eigenvalue weighted by molar-refractivity contribution is 4.98. The van der Waals surface area contributed by atoms with Crippen LogP contribution in [-0.2, 0) is 0 Å². The molecule has 1 saturated carbocycles. The van der Waals surface area contributed by atoms with E-state index in [-0.39, 0.29) is 5.92 Å². The highest BCUT2D eigenvalue weighted by Crippen LogP contribution is 2.30. The van der Waals surface area contributed by atoms with E-state index in [0.717, 1.165) is 18.8 Å². The number of rotatable bonds is 3. The lowest BCUT2D eigenvalue weighted by molar-refractivity contribution is 0.242. The Hall–Kier alpha value is -0.990. The van der Waals surface area contributed by atoms with Crippen LogP contribution in [0.5, 0.6) is 0 Å². The SMILES string of the molecule is C#CCNC1CC(CC)CCC1C#N. The quantitative estimate of drug-likeness (QED) is 0.690. The molecule has 14 heavy (non-hydrogen) atoms. The van der Waals surface area contributed by atoms with E-state index in [1.807, 2.05) is 0 Å². The molecule has 0 bridgehead atoms. The Morgan fingerprint density at radius 2 is 2.29 bits per heavy atom. The second-order valence-electron chi connectivity index (χ2n) is 4.01. The van der Waals surface area contributed by atoms with Gasteiger partial charge in [0.15, 0.2) is 0 Å². The fraction of sp³-hybridized carbons (Fsp3) is 0.750. The van der Waals surface area contributed by atoms with Crippen LogP contribution in [-0.4, -0.2) is 12.6 Å². The van der Waals surface area contributed by atoms with Gasteiger partial charge in [0, 0.05) is 6.04 Å². The standard InChI is InChI=1S/C12H18N2/c1-3-7-14-12-8-10(4-2)5-6-11(12)9-13/h1,10-12,14H,4-8H2,2H3. The van der Waals surface area contributed by atoms with Crippen molar-refractivity contribution < 1.29 is 0 Å². The third-order valence-electron chi connectivity index (χ3n) is 3.17. The summed E-state index contributed by atoms with van der Waals surface area (Å²) in [6.45, 7) is 2.80. The van der Waals surface area contributed by atoms with E-state index in [2.05, 4.69) is 24.2 Å². The molecule has 0 aliphatic heterocycles. The lowest BCUT2D eigenvalue weighted by Gasteiger charge is -2.32. The van der Waals surface area contributed by atoms with Crippen molar-refractivity contribution in [1.29, 1.82) is 5.26 Å². The molecule has 1 rings (SSSR count). The zero-order valence-electron chi connectivity index (χ0n) is 8.79. The second kappa shape index (κ2) is 5.68. The van der Waals surface area contributed by atoms with E-state index >= 15 is 0 Å². The summed E-state index contributed by atoms with van der Waals surface area (Å²) in [4.78, 5) is 0. The van der Waals surface area contributed by atoms with Crippen LogP contribution in [0.25, 0.3) is 0 Å². The average Bonchev–Trinajstić information content (AvgIpc) is 2.25. The summed E-state index contributed by atoms with van der Waals surface area (Å²) in [5, 5.41) is 12.3. The van der Waals surface area contributed by atoms with Crippen molar-refractivity contribution in [3.8, 4) is 18.4 Å². The minimum absolute atomic E-state index is 0.158. The van der Waals surface area contributed by atoms with Gasteiger partial charge in [-0.25, -0.2) is 0 Å². The molecule has 1 aliphatic carbocycles. The molecule has 1 N–H and O–H groups in total. The number of terminal acetylenes is 1. The monoisotopic (exact) mass is 190 g/mol. The minimum Gasteiger partial charge on any atom is -0.302 e. The Kier molecular flexibility index (Phi) is 4.50. The molecule has 0 saturated heterocycles. The summed E-state index contributed by atoms with van der Waals surface area (Å²) in [5.74, 6) is 3.50. The van der Waals surface area contributed by atoms with Crippen LogP contribution >= 0.6 is 0 Å². The third kappa shape index (κ3) is 2.76. The van der Waals surface area contributed by atoms with Crippen molar-refractivity contribution in [1.82, 2.24) is 5.32 Å². The topological polar surface area (TPSA) is 35.8 Å². The van der Waals surface area contributed by atoms with Gasteiger partial charge in [-0.05, 0) is 25.2 Å². The zero-order valence-corrected chi connectivity index (χ0v) is 8.79. The maximum atomic E-state index is 8.98. The lowest BCUT2D eigenvalue weighted by atomic mass is 9.78. The van der Waals surface area contributed by atoms with Crippen molar-refractivity contribution in [2.24, 2.45) is 11.8 Å². The Labute approximate surface area is 86.7 Å². The Balaban J connectivity index is 2.48. The first-order valence-corrected chi connectivity index (χ1v) is 5.38. The molecular formula is C12H18N2. The first-order valence-electron chi connectivity index (χ1n) is 5.38. The van der Waals surface area contributed by atoms with E-state index in [1.165, 1.54) is 12.8 Å². The predicted molar refractivity (Wildman–Crippen MR) is 57.4 cm³/mol. The molecule has 0 aromatic heterocycles. The van der Waals surface area contributed by atoms with Gasteiger partial charge in [-0.2, -0.15) is 5.26 Å². The molecule has 0 amide bonds. The van der Waals surface area contributed by atoms with Crippen molar-refractivity contribution in [2.45, 2.75) is 38.6 Å². The average molecular weight is 190 g/mol. The molecule has 3 atom stereocenters. The summed E-state index contributed by atoms with van der Waals surface area (Å²) in [5.41, 5.74) is 0. The summed E-state index contributed by atoms with van der Waals surface area (Å²) >= 11 is 0. The number of nitrogens with zero attached hydrogens (tertiary/aromatic N) is 1. The molecule has 2 heteroatoms. The van der Waals surface area contributed by atoms with Gasteiger partial charge in [-0.3, -0.25) is 0 Å². The first-order chi connectivity index (χ1) is 6.81. The summed E-state index contributed by atoms with van der Waals surface area (Å²) < 4.78 is 0. The molecule has 1 fully saturated rings. The third-order valence-corrected chi connectivity index (χ3v) is 3.17. The van der Waals surface area contributed by atoms with Crippen LogP contribution in [0.2, 0.25) is 0 Å². The largest absolute Gasteiger partial charge is 0.302 e. The van der Waals surface area contributed by atoms with Gasteiger partial charge < -0.3 is 5.32 Å². The van der Waals surface area contributed by atoms with E-state index in [9.17, 15) is 0 Å². The van der Waals surface area contributed by atoms with Crippen LogP contribution in [0.1, 0.15) is 32.6 Å². The highest BCUT2D eigenvalue weighted by atomic mass is 14.9. The fourth-order valence-corrected chi connectivity index (χ4v) is 2.20. The van der Waals surface area contributed by atoms with Crippen molar-refractivity contribution in [3.63, 3.8) is 0 Å². The molecule has 0 heterocycles. The Morgan fingerprint density at radius 3 is 2.86 bits per heavy atom. The van der Waals surface area contributed by atoms with E-state index in [0.29, 0.717) is 12.6 Å². The second-order valence-corrected chi connectivity index (χ2v) is 4.01. The normalized spacial score (nSPS) is 31.8. The summed E-state index contributed by atoms with van der Waals surface area (Å²) in [7, 11) is 0. The van der Waals surface area contributed by atoms with Crippen LogP contribution in [0.3, 0.4) is 0 Å². The number of nitriles is 1. The molecule has 0 aromatic rings. The van der Waals surface area contributed by atoms with Crippen LogP contribution in [0.4, 0.5) is 0 Å². The van der Waals surface area contributed by atoms with Gasteiger partial charge in [0.2, 0.25) is 0 Å². The van der Waals surface area contributed by atoms with Gasteiger partial charge >= 0.3 is 0 Å². The fourth-order valence-electron chi connectivity index (χ4n) is 2.20. The van der Waals surface area contributed by atoms with Crippen molar-refractivity contribution in [2.75, 3.05) is 6.54 Å². The molecule has 0 radical (unpaired) electrons. The van der Waals surface area contributed by atoms with Gasteiger partial charge in [0.05, 0.1) is 18.5 Å². The van der Waals surface area contributed by atoms with Gasteiger partial charge in [0.25, 0.3) is 0 Å². The van der Waals surface area contributed by atoms with E-state index in [4.69, 9.17) is 11.7 Å². The predicted octanol–water partition coefficient (Wildman–Crippen LogP) is 1.93. The van der Waals surface area contributed by atoms with Gasteiger partial charge in [0.1, 0.15) is 0 Å². The molecule has 2 nitrogen and oxygen atoms in total. The number of hydrogen-bond acceptors (Lipinski definition) is 2. The molecule has 0 aromatic carbocycles. The Morgan fingerprint density at radius 1 is 1.50 bits per heavy atom. The molecule has 3 unspecified atom stereocenters. The maximum absolute atomic E-state index is 8.98. The molecule has 76 valence electrons. The highest BCUT2D eigenvalue weighted by Gasteiger charge is 2.28. The zero-order chi connectivity index (χ0) is 10.4. The van der Waals surface area contributed by atoms with Crippen LogP contribution < -0.4 is 5.32 Å². The molecular weight excluding hydrogens is 172 g/mol. The van der Waals surface area contributed by atoms with Gasteiger partial charge in [-0.15, -0.1) is 6.42 Å². The van der Waals surface area contributed by atoms with E-state index < -0.39 is 0 Å².